The smallest absolute Gasteiger partial charge is 0.339 e. The second-order valence-electron chi connectivity index (χ2n) is 10.4. The zero-order valence-electron chi connectivity index (χ0n) is 18.3. The van der Waals surface area contributed by atoms with Crippen LogP contribution in [0, 0.1) is 22.7 Å². The third-order valence-electron chi connectivity index (χ3n) is 8.45. The normalized spacial score (nSPS) is 40.2. The molecule has 5 aliphatic rings. The van der Waals surface area contributed by atoms with Crippen LogP contribution in [0.3, 0.4) is 0 Å². The number of carbonyl (C=O) groups excluding carboxylic acids is 2. The first-order valence-corrected chi connectivity index (χ1v) is 11.5. The highest BCUT2D eigenvalue weighted by Crippen LogP contribution is 2.72. The lowest BCUT2D eigenvalue weighted by Crippen LogP contribution is -2.58. The van der Waals surface area contributed by atoms with Gasteiger partial charge in [0.25, 0.3) is 0 Å². The number of rotatable bonds is 5. The molecule has 0 aromatic heterocycles. The number of alkyl halides is 1. The molecular formula is C24H26ClNO7. The number of ketones is 1. The summed E-state index contributed by atoms with van der Waals surface area (Å²) in [6.45, 7) is 3.96. The molecule has 1 spiro atoms. The van der Waals surface area contributed by atoms with Crippen molar-refractivity contribution in [2.45, 2.75) is 56.6 Å². The highest BCUT2D eigenvalue weighted by molar-refractivity contribution is 6.21. The van der Waals surface area contributed by atoms with E-state index in [0.717, 1.165) is 25.0 Å². The van der Waals surface area contributed by atoms with Crippen LogP contribution in [0.1, 0.15) is 49.9 Å². The maximum absolute atomic E-state index is 13.1. The molecule has 0 radical (unpaired) electrons. The minimum absolute atomic E-state index is 0.0702. The first kappa shape index (κ1) is 22.2. The number of carboxylic acid groups (broad SMARTS) is 1. The van der Waals surface area contributed by atoms with Crippen molar-refractivity contribution < 1.29 is 34.4 Å². The fourth-order valence-corrected chi connectivity index (χ4v) is 7.58. The summed E-state index contributed by atoms with van der Waals surface area (Å²) >= 11 is 6.78. The van der Waals surface area contributed by atoms with Crippen LogP contribution in [-0.2, 0) is 14.3 Å². The van der Waals surface area contributed by atoms with E-state index in [-0.39, 0.29) is 58.6 Å². The monoisotopic (exact) mass is 475 g/mol. The van der Waals surface area contributed by atoms with Gasteiger partial charge in [-0.15, -0.1) is 11.6 Å². The van der Waals surface area contributed by atoms with Gasteiger partial charge in [0.15, 0.2) is 11.5 Å². The molecule has 176 valence electrons. The zero-order chi connectivity index (χ0) is 23.9. The minimum atomic E-state index is -1.39. The van der Waals surface area contributed by atoms with Gasteiger partial charge in [-0.25, -0.2) is 4.79 Å². The van der Waals surface area contributed by atoms with Gasteiger partial charge in [0.2, 0.25) is 5.91 Å². The largest absolute Gasteiger partial charge is 0.506 e. The summed E-state index contributed by atoms with van der Waals surface area (Å²) in [6.07, 6.45) is 5.21. The molecule has 33 heavy (non-hydrogen) atoms. The molecule has 8 nitrogen and oxygen atoms in total. The number of hydrogen-bond donors (Lipinski definition) is 4. The van der Waals surface area contributed by atoms with Crippen molar-refractivity contribution in [3.05, 3.63) is 29.8 Å². The molecule has 3 aliphatic carbocycles. The van der Waals surface area contributed by atoms with E-state index in [0.29, 0.717) is 0 Å². The molecular weight excluding hydrogens is 450 g/mol. The van der Waals surface area contributed by atoms with Gasteiger partial charge in [-0.1, -0.05) is 13.0 Å². The van der Waals surface area contributed by atoms with E-state index in [4.69, 9.17) is 21.4 Å². The van der Waals surface area contributed by atoms with Crippen molar-refractivity contribution in [1.82, 2.24) is 0 Å². The van der Waals surface area contributed by atoms with Gasteiger partial charge in [0.05, 0.1) is 17.1 Å². The third-order valence-corrected chi connectivity index (χ3v) is 9.01. The quantitative estimate of drug-likeness (QED) is 0.378. The molecule has 4 fully saturated rings. The highest BCUT2D eigenvalue weighted by atomic mass is 35.5. The minimum Gasteiger partial charge on any atom is -0.506 e. The van der Waals surface area contributed by atoms with E-state index >= 15 is 0 Å². The van der Waals surface area contributed by atoms with Gasteiger partial charge in [-0.05, 0) is 49.8 Å². The van der Waals surface area contributed by atoms with Crippen molar-refractivity contribution in [2.75, 3.05) is 5.32 Å². The summed E-state index contributed by atoms with van der Waals surface area (Å²) in [5, 5.41) is 31.6. The first-order valence-electron chi connectivity index (χ1n) is 11.1. The molecule has 1 amide bonds. The molecule has 6 rings (SSSR count). The van der Waals surface area contributed by atoms with Crippen LogP contribution in [0.4, 0.5) is 5.69 Å². The van der Waals surface area contributed by atoms with Gasteiger partial charge in [-0.3, -0.25) is 9.59 Å². The van der Waals surface area contributed by atoms with Crippen LogP contribution in [0.5, 0.6) is 11.5 Å². The second-order valence-corrected chi connectivity index (χ2v) is 10.9. The Morgan fingerprint density at radius 1 is 1.27 bits per heavy atom. The Bertz CT molecular complexity index is 1120. The topological polar surface area (TPSA) is 133 Å². The summed E-state index contributed by atoms with van der Waals surface area (Å²) in [6, 6.07) is 2.13. The predicted molar refractivity (Wildman–Crippen MR) is 118 cm³/mol. The lowest BCUT2D eigenvalue weighted by molar-refractivity contribution is -0.168. The van der Waals surface area contributed by atoms with Crippen molar-refractivity contribution >= 4 is 34.9 Å². The van der Waals surface area contributed by atoms with E-state index in [2.05, 4.69) is 12.2 Å². The highest BCUT2D eigenvalue weighted by Gasteiger charge is 2.74. The Labute approximate surface area is 195 Å². The molecule has 9 heteroatoms. The number of anilines is 1. The number of halogens is 1. The van der Waals surface area contributed by atoms with Gasteiger partial charge in [-0.2, -0.15) is 0 Å². The van der Waals surface area contributed by atoms with Crippen LogP contribution < -0.4 is 5.32 Å². The van der Waals surface area contributed by atoms with Gasteiger partial charge >= 0.3 is 5.97 Å². The number of nitrogens with one attached hydrogen (secondary N) is 1. The summed E-state index contributed by atoms with van der Waals surface area (Å²) < 4.78 is 6.39. The van der Waals surface area contributed by atoms with E-state index < -0.39 is 34.4 Å². The van der Waals surface area contributed by atoms with Crippen LogP contribution in [0.15, 0.2) is 24.3 Å². The van der Waals surface area contributed by atoms with E-state index in [9.17, 15) is 24.6 Å². The van der Waals surface area contributed by atoms with Crippen molar-refractivity contribution in [2.24, 2.45) is 22.7 Å². The molecule has 4 bridgehead atoms. The Balaban J connectivity index is 1.38. The zero-order valence-corrected chi connectivity index (χ0v) is 19.1. The lowest BCUT2D eigenvalue weighted by Gasteiger charge is -2.55. The number of phenolic OH excluding ortho intramolecular Hbond substituents is 1. The van der Waals surface area contributed by atoms with E-state index in [1.165, 1.54) is 0 Å². The van der Waals surface area contributed by atoms with Gasteiger partial charge < -0.3 is 25.4 Å². The summed E-state index contributed by atoms with van der Waals surface area (Å²) in [7, 11) is 0. The number of hydrogen-bond acceptors (Lipinski definition) is 6. The second kappa shape index (κ2) is 6.96. The van der Waals surface area contributed by atoms with Crippen LogP contribution >= 0.6 is 11.6 Å². The molecule has 2 saturated heterocycles. The third kappa shape index (κ3) is 2.96. The SMILES string of the molecule is CC12CC34C=CC(=O)[C@@](C)(CCC(=O)Nc5c(O)ccc(C(=O)O)c5O)C3C(O1)[C@@H](Cl)C2C4. The molecule has 4 N–H and O–H groups in total. The molecule has 5 unspecified atom stereocenters. The number of carbonyl (C=O) groups is 3. The average Bonchev–Trinajstić information content (AvgIpc) is 3.08. The molecule has 2 aliphatic heterocycles. The van der Waals surface area contributed by atoms with Gasteiger partial charge in [0.1, 0.15) is 17.0 Å². The van der Waals surface area contributed by atoms with Crippen molar-refractivity contribution in [1.29, 1.82) is 0 Å². The first-order chi connectivity index (χ1) is 15.4. The number of aromatic hydroxyl groups is 2. The maximum Gasteiger partial charge on any atom is 0.339 e. The number of carboxylic acids is 1. The lowest BCUT2D eigenvalue weighted by atomic mass is 9.51. The summed E-state index contributed by atoms with van der Waals surface area (Å²) in [5.74, 6) is -3.12. The summed E-state index contributed by atoms with van der Waals surface area (Å²) in [5.41, 5.74) is -2.15. The molecule has 1 aromatic rings. The Hall–Kier alpha value is -2.58. The Kier molecular flexibility index (Phi) is 4.69. The Morgan fingerprint density at radius 3 is 2.67 bits per heavy atom. The molecule has 7 atom stereocenters. The standard InChI is InChI=1S/C24H26ClNO7/c1-22(7-6-15(29)26-17-13(27)4-3-11(18(17)30)21(31)32)14(28)5-8-24-9-12-16(25)19(20(22)24)33-23(12,2)10-24/h3-5,8,12,16,19-20,27,30H,6-7,9-10H2,1-2H3,(H,26,29)(H,31,32)/t12?,16-,19?,20?,22+,23?,24?/m0/s1. The summed E-state index contributed by atoms with van der Waals surface area (Å²) in [4.78, 5) is 37.1. The predicted octanol–water partition coefficient (Wildman–Crippen LogP) is 3.45. The fourth-order valence-electron chi connectivity index (χ4n) is 7.02. The van der Waals surface area contributed by atoms with E-state index in [1.807, 2.05) is 13.0 Å². The number of aromatic carboxylic acids is 1. The maximum atomic E-state index is 13.1. The van der Waals surface area contributed by atoms with Crippen LogP contribution in [-0.4, -0.2) is 50.1 Å². The van der Waals surface area contributed by atoms with Crippen LogP contribution in [0.2, 0.25) is 0 Å². The Morgan fingerprint density at radius 2 is 2.00 bits per heavy atom. The van der Waals surface area contributed by atoms with E-state index in [1.54, 1.807) is 6.08 Å². The van der Waals surface area contributed by atoms with Crippen LogP contribution in [0.25, 0.3) is 0 Å². The number of phenols is 2. The van der Waals surface area contributed by atoms with Gasteiger partial charge in [0, 0.05) is 23.7 Å². The molecule has 2 saturated carbocycles. The molecule has 2 heterocycles. The fraction of sp³-hybridized carbons (Fsp3) is 0.542. The molecule has 1 aromatic carbocycles. The number of amides is 1. The van der Waals surface area contributed by atoms with Crippen molar-refractivity contribution in [3.63, 3.8) is 0 Å². The average molecular weight is 476 g/mol. The van der Waals surface area contributed by atoms with Crippen molar-refractivity contribution in [3.8, 4) is 11.5 Å². The number of allylic oxidation sites excluding steroid dienone is 2. The number of ether oxygens (including phenoxy) is 1. The number of benzene rings is 1.